The number of hydrogen-bond donors (Lipinski definition) is 2. The average Bonchev–Trinajstić information content (AvgIpc) is 2.80. The molecule has 0 unspecified atom stereocenters. The molecule has 1 saturated heterocycles. The second kappa shape index (κ2) is 5.87. The number of hydrogen-bond acceptors (Lipinski definition) is 5. The van der Waals surface area contributed by atoms with Crippen LogP contribution in [0.25, 0.3) is 0 Å². The molecule has 108 valence electrons. The molecule has 1 fully saturated rings. The molecular weight excluding hydrogens is 280 g/mol. The van der Waals surface area contributed by atoms with Gasteiger partial charge in [-0.1, -0.05) is 5.92 Å². The average molecular weight is 296 g/mol. The maximum atomic E-state index is 12.3. The summed E-state index contributed by atoms with van der Waals surface area (Å²) in [4.78, 5) is 24.2. The molecule has 0 aliphatic carbocycles. The number of aryl methyl sites for hydroxylation is 1. The molecule has 2 rings (SSSR count). The normalized spacial score (nSPS) is 25.6. The van der Waals surface area contributed by atoms with Crippen LogP contribution >= 0.6 is 11.8 Å². The number of nitrogens with zero attached hydrogens (tertiary/aromatic N) is 2. The number of terminal acetylenes is 1. The molecule has 0 aromatic carbocycles. The van der Waals surface area contributed by atoms with Gasteiger partial charge in [0.05, 0.1) is 29.9 Å². The van der Waals surface area contributed by atoms with Crippen molar-refractivity contribution in [2.24, 2.45) is 0 Å². The highest BCUT2D eigenvalue weighted by Crippen LogP contribution is 2.40. The molecule has 0 bridgehead atoms. The van der Waals surface area contributed by atoms with Crippen molar-refractivity contribution < 1.29 is 10.2 Å². The molecule has 0 spiro atoms. The summed E-state index contributed by atoms with van der Waals surface area (Å²) in [5, 5.41) is 18.3. The van der Waals surface area contributed by atoms with E-state index in [2.05, 4.69) is 5.92 Å². The lowest BCUT2D eigenvalue weighted by molar-refractivity contribution is 0.137. The first-order chi connectivity index (χ1) is 9.49. The molecule has 1 aliphatic heterocycles. The summed E-state index contributed by atoms with van der Waals surface area (Å²) in [5.41, 5.74) is -0.462. The largest absolute Gasteiger partial charge is 0.395 e. The zero-order chi connectivity index (χ0) is 14.9. The summed E-state index contributed by atoms with van der Waals surface area (Å²) in [5.74, 6) is 2.29. The summed E-state index contributed by atoms with van der Waals surface area (Å²) in [6.45, 7) is 1.38. The third kappa shape index (κ3) is 2.54. The number of aliphatic hydroxyl groups is 2. The van der Waals surface area contributed by atoms with Gasteiger partial charge in [0.15, 0.2) is 0 Å². The minimum Gasteiger partial charge on any atom is -0.395 e. The van der Waals surface area contributed by atoms with E-state index < -0.39 is 17.4 Å². The first-order valence-corrected chi connectivity index (χ1v) is 7.14. The van der Waals surface area contributed by atoms with E-state index in [1.807, 2.05) is 0 Å². The quantitative estimate of drug-likeness (QED) is 0.721. The maximum Gasteiger partial charge on any atom is 0.332 e. The second-order valence-electron chi connectivity index (χ2n) is 4.71. The maximum absolute atomic E-state index is 12.3. The van der Waals surface area contributed by atoms with Gasteiger partial charge in [0, 0.05) is 18.2 Å². The highest BCUT2D eigenvalue weighted by molar-refractivity contribution is 8.00. The second-order valence-corrected chi connectivity index (χ2v) is 6.13. The minimum absolute atomic E-state index is 0.0806. The van der Waals surface area contributed by atoms with Gasteiger partial charge in [-0.2, -0.15) is 0 Å². The van der Waals surface area contributed by atoms with Gasteiger partial charge < -0.3 is 10.2 Å². The summed E-state index contributed by atoms with van der Waals surface area (Å²) < 4.78 is 2.42. The van der Waals surface area contributed by atoms with Gasteiger partial charge in [0.1, 0.15) is 0 Å². The van der Waals surface area contributed by atoms with Crippen molar-refractivity contribution in [2.75, 3.05) is 6.61 Å². The number of aromatic nitrogens is 2. The fourth-order valence-corrected chi connectivity index (χ4v) is 3.62. The van der Waals surface area contributed by atoms with E-state index in [9.17, 15) is 14.7 Å². The van der Waals surface area contributed by atoms with Gasteiger partial charge in [0.25, 0.3) is 5.56 Å². The molecule has 1 aliphatic rings. The Morgan fingerprint density at radius 3 is 2.80 bits per heavy atom. The number of thioether (sulfide) groups is 1. The third-order valence-electron chi connectivity index (χ3n) is 3.31. The van der Waals surface area contributed by atoms with Crippen LogP contribution in [0.5, 0.6) is 0 Å². The van der Waals surface area contributed by atoms with Crippen LogP contribution in [0, 0.1) is 19.3 Å². The van der Waals surface area contributed by atoms with Crippen LogP contribution in [0.3, 0.4) is 0 Å². The van der Waals surface area contributed by atoms with Crippen molar-refractivity contribution >= 4 is 11.8 Å². The van der Waals surface area contributed by atoms with Crippen LogP contribution in [-0.2, 0) is 6.54 Å². The van der Waals surface area contributed by atoms with Gasteiger partial charge in [-0.15, -0.1) is 18.2 Å². The number of aliphatic hydroxyl groups excluding tert-OH is 2. The van der Waals surface area contributed by atoms with Crippen molar-refractivity contribution in [1.29, 1.82) is 0 Å². The zero-order valence-electron chi connectivity index (χ0n) is 11.0. The van der Waals surface area contributed by atoms with Gasteiger partial charge in [-0.05, 0) is 6.92 Å². The fraction of sp³-hybridized carbons (Fsp3) is 0.538. The fourth-order valence-electron chi connectivity index (χ4n) is 2.25. The van der Waals surface area contributed by atoms with Crippen LogP contribution < -0.4 is 11.2 Å². The van der Waals surface area contributed by atoms with Crippen LogP contribution in [0.4, 0.5) is 0 Å². The van der Waals surface area contributed by atoms with Gasteiger partial charge in [-0.25, -0.2) is 9.36 Å². The number of rotatable bonds is 3. The molecule has 6 nitrogen and oxygen atoms in total. The Morgan fingerprint density at radius 1 is 1.55 bits per heavy atom. The highest BCUT2D eigenvalue weighted by Gasteiger charge is 2.35. The Bertz CT molecular complexity index is 658. The third-order valence-corrected chi connectivity index (χ3v) is 4.86. The Hall–Kier alpha value is -1.49. The first-order valence-electron chi connectivity index (χ1n) is 6.20. The molecule has 1 aromatic rings. The summed E-state index contributed by atoms with van der Waals surface area (Å²) in [6.07, 6.45) is 6.35. The molecule has 2 N–H and O–H groups in total. The lowest BCUT2D eigenvalue weighted by Gasteiger charge is -2.15. The van der Waals surface area contributed by atoms with E-state index in [0.29, 0.717) is 12.0 Å². The van der Waals surface area contributed by atoms with Crippen molar-refractivity contribution in [2.45, 2.75) is 36.6 Å². The van der Waals surface area contributed by atoms with E-state index >= 15 is 0 Å². The molecule has 0 radical (unpaired) electrons. The van der Waals surface area contributed by atoms with Crippen molar-refractivity contribution in [3.63, 3.8) is 0 Å². The Kier molecular flexibility index (Phi) is 4.38. The summed E-state index contributed by atoms with van der Waals surface area (Å²) >= 11 is 1.32. The molecule has 3 atom stereocenters. The molecule has 7 heteroatoms. The Morgan fingerprint density at radius 2 is 2.25 bits per heavy atom. The van der Waals surface area contributed by atoms with Crippen LogP contribution in [0.1, 0.15) is 17.4 Å². The SMILES string of the molecule is C#CCn1c(=O)c(C)cn([C@H]2C[C@H](O)[C@@H](CO)S2)c1=O. The van der Waals surface area contributed by atoms with Gasteiger partial charge >= 0.3 is 5.69 Å². The molecule has 0 saturated carbocycles. The van der Waals surface area contributed by atoms with Crippen molar-refractivity contribution in [1.82, 2.24) is 9.13 Å². The molecule has 1 aromatic heterocycles. The monoisotopic (exact) mass is 296 g/mol. The standard InChI is InChI=1S/C13H16N2O4S/c1-3-4-14-12(18)8(2)6-15(13(14)19)11-5-9(17)10(7-16)20-11/h1,6,9-11,16-17H,4-5,7H2,2H3/t9-,10+,11+/m0/s1. The summed E-state index contributed by atoms with van der Waals surface area (Å²) in [6, 6.07) is 0. The highest BCUT2D eigenvalue weighted by atomic mass is 32.2. The predicted octanol–water partition coefficient (Wildman–Crippen LogP) is -0.691. The van der Waals surface area contributed by atoms with Crippen LogP contribution in [0.15, 0.2) is 15.8 Å². The van der Waals surface area contributed by atoms with Crippen molar-refractivity contribution in [3.8, 4) is 12.3 Å². The molecule has 2 heterocycles. The van der Waals surface area contributed by atoms with E-state index in [1.54, 1.807) is 6.92 Å². The van der Waals surface area contributed by atoms with Crippen LogP contribution in [-0.4, -0.2) is 37.3 Å². The molecular formula is C13H16N2O4S. The minimum atomic E-state index is -0.671. The van der Waals surface area contributed by atoms with E-state index in [1.165, 1.54) is 22.5 Å². The zero-order valence-corrected chi connectivity index (χ0v) is 11.8. The topological polar surface area (TPSA) is 84.5 Å². The molecule has 0 amide bonds. The molecule has 20 heavy (non-hydrogen) atoms. The summed E-state index contributed by atoms with van der Waals surface area (Å²) in [7, 11) is 0. The lowest BCUT2D eigenvalue weighted by Crippen LogP contribution is -2.41. The Labute approximate surface area is 120 Å². The Balaban J connectivity index is 2.47. The van der Waals surface area contributed by atoms with Crippen LogP contribution in [0.2, 0.25) is 0 Å². The van der Waals surface area contributed by atoms with E-state index in [0.717, 1.165) is 4.57 Å². The van der Waals surface area contributed by atoms with E-state index in [4.69, 9.17) is 11.5 Å². The lowest BCUT2D eigenvalue weighted by atomic mass is 10.2. The van der Waals surface area contributed by atoms with E-state index in [-0.39, 0.29) is 23.8 Å². The van der Waals surface area contributed by atoms with Gasteiger partial charge in [-0.3, -0.25) is 9.36 Å². The van der Waals surface area contributed by atoms with Crippen molar-refractivity contribution in [3.05, 3.63) is 32.6 Å². The van der Waals surface area contributed by atoms with Gasteiger partial charge in [0.2, 0.25) is 0 Å². The first kappa shape index (κ1) is 14.9. The predicted molar refractivity (Wildman–Crippen MR) is 76.7 cm³/mol. The smallest absolute Gasteiger partial charge is 0.332 e.